The maximum absolute atomic E-state index is 5.84. The van der Waals surface area contributed by atoms with Crippen molar-refractivity contribution in [3.05, 3.63) is 24.3 Å². The Morgan fingerprint density at radius 2 is 2.00 bits per heavy atom. The Morgan fingerprint density at radius 3 is 2.65 bits per heavy atom. The van der Waals surface area contributed by atoms with Gasteiger partial charge in [-0.1, -0.05) is 12.1 Å². The van der Waals surface area contributed by atoms with Gasteiger partial charge in [-0.05, 0) is 19.1 Å². The van der Waals surface area contributed by atoms with Gasteiger partial charge < -0.3 is 11.1 Å². The van der Waals surface area contributed by atoms with Gasteiger partial charge in [0.1, 0.15) is 0 Å². The molecule has 3 N–H and O–H groups in total. The number of aromatic nitrogens is 2. The van der Waals surface area contributed by atoms with E-state index in [-0.39, 0.29) is 6.04 Å². The molecule has 17 heavy (non-hydrogen) atoms. The summed E-state index contributed by atoms with van der Waals surface area (Å²) in [5, 5.41) is 3.16. The number of rotatable bonds is 3. The third kappa shape index (κ3) is 2.45. The lowest BCUT2D eigenvalue weighted by molar-refractivity contribution is 0.822. The number of terminal acetylenes is 1. The quantitative estimate of drug-likeness (QED) is 0.786. The predicted octanol–water partition coefficient (Wildman–Crippen LogP) is 2.04. The van der Waals surface area contributed by atoms with E-state index in [2.05, 4.69) is 21.2 Å². The summed E-state index contributed by atoms with van der Waals surface area (Å²) in [6.45, 7) is 1.98. The van der Waals surface area contributed by atoms with Crippen LogP contribution in [0.5, 0.6) is 0 Å². The molecule has 4 heteroatoms. The first-order valence-electron chi connectivity index (χ1n) is 5.43. The number of benzene rings is 1. The van der Waals surface area contributed by atoms with Gasteiger partial charge in [-0.2, -0.15) is 0 Å². The van der Waals surface area contributed by atoms with Crippen LogP contribution in [0.3, 0.4) is 0 Å². The highest BCUT2D eigenvalue weighted by Crippen LogP contribution is 2.19. The largest absolute Gasteiger partial charge is 0.381 e. The van der Waals surface area contributed by atoms with Crippen molar-refractivity contribution in [2.45, 2.75) is 19.4 Å². The molecule has 1 unspecified atom stereocenters. The molecule has 0 aliphatic heterocycles. The fraction of sp³-hybridized carbons (Fsp3) is 0.231. The van der Waals surface area contributed by atoms with Crippen molar-refractivity contribution in [1.29, 1.82) is 0 Å². The number of hydrogen-bond donors (Lipinski definition) is 2. The zero-order chi connectivity index (χ0) is 12.3. The Morgan fingerprint density at radius 1 is 1.35 bits per heavy atom. The maximum atomic E-state index is 5.84. The average Bonchev–Trinajstić information content (AvgIpc) is 2.30. The molecule has 1 heterocycles. The Bertz CT molecular complexity index is 571. The first-order valence-corrected chi connectivity index (χ1v) is 5.43. The summed E-state index contributed by atoms with van der Waals surface area (Å²) < 4.78 is 0. The van der Waals surface area contributed by atoms with Crippen molar-refractivity contribution >= 4 is 22.7 Å². The van der Waals surface area contributed by atoms with Gasteiger partial charge in [0.2, 0.25) is 0 Å². The van der Waals surface area contributed by atoms with Gasteiger partial charge in [0, 0.05) is 12.5 Å². The molecule has 1 atom stereocenters. The van der Waals surface area contributed by atoms with Crippen LogP contribution in [0.15, 0.2) is 24.3 Å². The van der Waals surface area contributed by atoms with Crippen LogP contribution in [-0.4, -0.2) is 16.0 Å². The highest BCUT2D eigenvalue weighted by molar-refractivity contribution is 5.79. The highest BCUT2D eigenvalue weighted by atomic mass is 15.1. The molecule has 1 aromatic heterocycles. The lowest BCUT2D eigenvalue weighted by Crippen LogP contribution is -2.17. The van der Waals surface area contributed by atoms with E-state index in [4.69, 9.17) is 12.2 Å². The topological polar surface area (TPSA) is 63.8 Å². The standard InChI is InChI=1S/C13H14N4/c1-3-6-9(2)15-13-12(14)16-10-7-4-5-8-11(10)17-13/h1,4-5,7-9H,6H2,2H3,(H2,14,16)(H,15,17). The Hall–Kier alpha value is -2.28. The summed E-state index contributed by atoms with van der Waals surface area (Å²) in [7, 11) is 0. The Kier molecular flexibility index (Phi) is 3.10. The van der Waals surface area contributed by atoms with Crippen molar-refractivity contribution in [3.63, 3.8) is 0 Å². The number of fused-ring (bicyclic) bond motifs is 1. The summed E-state index contributed by atoms with van der Waals surface area (Å²) in [5.74, 6) is 3.58. The van der Waals surface area contributed by atoms with Gasteiger partial charge in [0.15, 0.2) is 11.6 Å². The van der Waals surface area contributed by atoms with Crippen LogP contribution in [0.1, 0.15) is 13.3 Å². The van der Waals surface area contributed by atoms with Crippen molar-refractivity contribution in [3.8, 4) is 12.3 Å². The fourth-order valence-corrected chi connectivity index (χ4v) is 1.58. The van der Waals surface area contributed by atoms with Crippen LogP contribution in [0.25, 0.3) is 11.0 Å². The van der Waals surface area contributed by atoms with Crippen molar-refractivity contribution < 1.29 is 0 Å². The monoisotopic (exact) mass is 226 g/mol. The molecule has 0 bridgehead atoms. The smallest absolute Gasteiger partial charge is 0.169 e. The van der Waals surface area contributed by atoms with Gasteiger partial charge >= 0.3 is 0 Å². The van der Waals surface area contributed by atoms with Crippen LogP contribution in [0.2, 0.25) is 0 Å². The molecule has 0 aliphatic rings. The lowest BCUT2D eigenvalue weighted by Gasteiger charge is -2.13. The zero-order valence-corrected chi connectivity index (χ0v) is 9.64. The summed E-state index contributed by atoms with van der Waals surface area (Å²) in [5.41, 5.74) is 7.45. The number of nitrogens with zero attached hydrogens (tertiary/aromatic N) is 2. The highest BCUT2D eigenvalue weighted by Gasteiger charge is 2.07. The predicted molar refractivity (Wildman–Crippen MR) is 70.5 cm³/mol. The van der Waals surface area contributed by atoms with E-state index in [0.717, 1.165) is 11.0 Å². The van der Waals surface area contributed by atoms with E-state index in [1.807, 2.05) is 31.2 Å². The third-order valence-electron chi connectivity index (χ3n) is 2.40. The molecule has 86 valence electrons. The second-order valence-electron chi connectivity index (χ2n) is 3.90. The zero-order valence-electron chi connectivity index (χ0n) is 9.64. The first kappa shape index (κ1) is 11.2. The number of nitrogens with one attached hydrogen (secondary N) is 1. The van der Waals surface area contributed by atoms with E-state index < -0.39 is 0 Å². The van der Waals surface area contributed by atoms with Crippen LogP contribution >= 0.6 is 0 Å². The molecular formula is C13H14N4. The van der Waals surface area contributed by atoms with E-state index >= 15 is 0 Å². The molecule has 0 aliphatic carbocycles. The molecule has 0 spiro atoms. The summed E-state index contributed by atoms with van der Waals surface area (Å²) in [6.07, 6.45) is 5.87. The van der Waals surface area contributed by atoms with Crippen molar-refractivity contribution in [2.75, 3.05) is 11.1 Å². The fourth-order valence-electron chi connectivity index (χ4n) is 1.58. The second kappa shape index (κ2) is 4.71. The second-order valence-corrected chi connectivity index (χ2v) is 3.90. The number of anilines is 2. The minimum absolute atomic E-state index is 0.123. The van der Waals surface area contributed by atoms with Gasteiger partial charge in [-0.15, -0.1) is 12.3 Å². The lowest BCUT2D eigenvalue weighted by atomic mass is 10.2. The molecule has 0 radical (unpaired) electrons. The maximum Gasteiger partial charge on any atom is 0.169 e. The van der Waals surface area contributed by atoms with E-state index in [1.54, 1.807) is 0 Å². The van der Waals surface area contributed by atoms with Crippen LogP contribution < -0.4 is 11.1 Å². The molecular weight excluding hydrogens is 212 g/mol. The van der Waals surface area contributed by atoms with Gasteiger partial charge in [0.25, 0.3) is 0 Å². The first-order chi connectivity index (χ1) is 8.20. The van der Waals surface area contributed by atoms with E-state index in [1.165, 1.54) is 0 Å². The molecule has 2 aromatic rings. The van der Waals surface area contributed by atoms with Crippen LogP contribution in [0, 0.1) is 12.3 Å². The molecule has 0 saturated carbocycles. The minimum Gasteiger partial charge on any atom is -0.381 e. The van der Waals surface area contributed by atoms with Crippen molar-refractivity contribution in [1.82, 2.24) is 9.97 Å². The minimum atomic E-state index is 0.123. The molecule has 2 rings (SSSR count). The molecule has 1 aromatic carbocycles. The Labute approximate surface area is 100 Å². The van der Waals surface area contributed by atoms with Gasteiger partial charge in [-0.3, -0.25) is 0 Å². The van der Waals surface area contributed by atoms with Gasteiger partial charge in [-0.25, -0.2) is 9.97 Å². The normalized spacial score (nSPS) is 12.0. The molecule has 0 amide bonds. The average molecular weight is 226 g/mol. The summed E-state index contributed by atoms with van der Waals surface area (Å²) in [4.78, 5) is 8.72. The molecule has 0 fully saturated rings. The SMILES string of the molecule is C#CCC(C)Nc1nc2ccccc2nc1N. The summed E-state index contributed by atoms with van der Waals surface area (Å²) >= 11 is 0. The molecule has 4 nitrogen and oxygen atoms in total. The Balaban J connectivity index is 2.34. The number of nitrogen functional groups attached to an aromatic ring is 1. The third-order valence-corrected chi connectivity index (χ3v) is 2.40. The van der Waals surface area contributed by atoms with Gasteiger partial charge in [0.05, 0.1) is 11.0 Å². The van der Waals surface area contributed by atoms with E-state index in [9.17, 15) is 0 Å². The van der Waals surface area contributed by atoms with Crippen molar-refractivity contribution in [2.24, 2.45) is 0 Å². The number of nitrogens with two attached hydrogens (primary N) is 1. The van der Waals surface area contributed by atoms with Crippen LogP contribution in [0.4, 0.5) is 11.6 Å². The number of para-hydroxylation sites is 2. The summed E-state index contributed by atoms with van der Waals surface area (Å²) in [6, 6.07) is 7.73. The number of hydrogen-bond acceptors (Lipinski definition) is 4. The van der Waals surface area contributed by atoms with E-state index in [0.29, 0.717) is 18.1 Å². The molecule has 0 saturated heterocycles. The van der Waals surface area contributed by atoms with Crippen LogP contribution in [-0.2, 0) is 0 Å².